The minimum absolute atomic E-state index is 0.0735. The molecule has 3 N–H and O–H groups in total. The van der Waals surface area contributed by atoms with Crippen LogP contribution in [0.3, 0.4) is 0 Å². The molecule has 1 heterocycles. The predicted molar refractivity (Wildman–Crippen MR) is 70.6 cm³/mol. The van der Waals surface area contributed by atoms with Crippen LogP contribution in [0.4, 0.5) is 0 Å². The molecule has 7 heteroatoms. The van der Waals surface area contributed by atoms with Gasteiger partial charge >= 0.3 is 0 Å². The van der Waals surface area contributed by atoms with E-state index >= 15 is 0 Å². The van der Waals surface area contributed by atoms with Crippen molar-refractivity contribution in [1.82, 2.24) is 14.5 Å². The molecule has 0 aliphatic rings. The number of hydrogen-bond acceptors (Lipinski definition) is 4. The second-order valence-electron chi connectivity index (χ2n) is 4.24. The largest absolute Gasteiger partial charge is 0.326 e. The van der Waals surface area contributed by atoms with Crippen LogP contribution in [0.1, 0.15) is 37.9 Å². The van der Waals surface area contributed by atoms with E-state index < -0.39 is 10.0 Å². The average Bonchev–Trinajstić information content (AvgIpc) is 2.70. The topological polar surface area (TPSA) is 92.1 Å². The highest BCUT2D eigenvalue weighted by Gasteiger charge is 2.29. The summed E-state index contributed by atoms with van der Waals surface area (Å²) in [4.78, 5) is 0. The van der Waals surface area contributed by atoms with Crippen LogP contribution < -0.4 is 5.73 Å². The van der Waals surface area contributed by atoms with E-state index in [2.05, 4.69) is 10.2 Å². The van der Waals surface area contributed by atoms with E-state index in [1.165, 1.54) is 4.31 Å². The van der Waals surface area contributed by atoms with Gasteiger partial charge in [-0.05, 0) is 19.8 Å². The highest BCUT2D eigenvalue weighted by molar-refractivity contribution is 7.89. The van der Waals surface area contributed by atoms with Crippen LogP contribution in [0.2, 0.25) is 0 Å². The summed E-state index contributed by atoms with van der Waals surface area (Å²) in [5.41, 5.74) is 6.89. The third-order valence-corrected chi connectivity index (χ3v) is 4.64. The van der Waals surface area contributed by atoms with Crippen molar-refractivity contribution < 1.29 is 8.42 Å². The maximum absolute atomic E-state index is 12.5. The van der Waals surface area contributed by atoms with E-state index in [1.807, 2.05) is 13.8 Å². The average molecular weight is 274 g/mol. The summed E-state index contributed by atoms with van der Waals surface area (Å²) in [5.74, 6) is 0. The second-order valence-corrected chi connectivity index (χ2v) is 6.09. The summed E-state index contributed by atoms with van der Waals surface area (Å²) in [5, 5.41) is 6.68. The molecule has 6 nitrogen and oxygen atoms in total. The number of aromatic amines is 1. The molecule has 0 bridgehead atoms. The number of sulfonamides is 1. The molecule has 1 rings (SSSR count). The third-order valence-electron chi connectivity index (χ3n) is 2.77. The van der Waals surface area contributed by atoms with Crippen molar-refractivity contribution in [3.05, 3.63) is 11.3 Å². The number of rotatable bonds is 7. The molecule has 1 aromatic heterocycles. The Morgan fingerprint density at radius 1 is 1.28 bits per heavy atom. The van der Waals surface area contributed by atoms with E-state index in [-0.39, 0.29) is 11.6 Å². The SMILES string of the molecule is CCCN(CCC)S(=O)(=O)c1n[nH]c(C)c1CN. The van der Waals surface area contributed by atoms with E-state index in [9.17, 15) is 8.42 Å². The number of hydrogen-bond donors (Lipinski definition) is 2. The standard InChI is InChI=1S/C11H22N4O2S/c1-4-6-15(7-5-2)18(16,17)11-10(8-12)9(3)13-14-11/h4-8,12H2,1-3H3,(H,13,14). The van der Waals surface area contributed by atoms with Crippen LogP contribution in [-0.2, 0) is 16.6 Å². The van der Waals surface area contributed by atoms with Crippen LogP contribution in [0.5, 0.6) is 0 Å². The molecule has 0 saturated carbocycles. The number of aryl methyl sites for hydroxylation is 1. The highest BCUT2D eigenvalue weighted by atomic mass is 32.2. The van der Waals surface area contributed by atoms with Crippen molar-refractivity contribution in [2.45, 2.75) is 45.2 Å². The molecule has 0 saturated heterocycles. The zero-order valence-corrected chi connectivity index (χ0v) is 12.0. The van der Waals surface area contributed by atoms with E-state index in [4.69, 9.17) is 5.73 Å². The van der Waals surface area contributed by atoms with Crippen LogP contribution in [0, 0.1) is 6.92 Å². The Bertz CT molecular complexity index is 475. The first-order valence-electron chi connectivity index (χ1n) is 6.23. The van der Waals surface area contributed by atoms with Crippen molar-refractivity contribution in [2.24, 2.45) is 5.73 Å². The zero-order valence-electron chi connectivity index (χ0n) is 11.2. The summed E-state index contributed by atoms with van der Waals surface area (Å²) in [6, 6.07) is 0. The summed E-state index contributed by atoms with van der Waals surface area (Å²) in [6.45, 7) is 6.87. The highest BCUT2D eigenvalue weighted by Crippen LogP contribution is 2.20. The van der Waals surface area contributed by atoms with Gasteiger partial charge in [0, 0.05) is 30.9 Å². The van der Waals surface area contributed by atoms with Gasteiger partial charge in [0.15, 0.2) is 5.03 Å². The Kier molecular flexibility index (Phi) is 5.30. The van der Waals surface area contributed by atoms with Gasteiger partial charge in [-0.3, -0.25) is 5.10 Å². The minimum Gasteiger partial charge on any atom is -0.326 e. The van der Waals surface area contributed by atoms with Gasteiger partial charge in [0.1, 0.15) is 0 Å². The van der Waals surface area contributed by atoms with Crippen molar-refractivity contribution in [3.8, 4) is 0 Å². The monoisotopic (exact) mass is 274 g/mol. The molecular formula is C11H22N4O2S. The summed E-state index contributed by atoms with van der Waals surface area (Å²) in [6.07, 6.45) is 1.56. The van der Waals surface area contributed by atoms with Crippen LogP contribution in [-0.4, -0.2) is 36.0 Å². The lowest BCUT2D eigenvalue weighted by molar-refractivity contribution is 0.407. The lowest BCUT2D eigenvalue weighted by atomic mass is 10.3. The Morgan fingerprint density at radius 3 is 2.28 bits per heavy atom. The molecule has 0 unspecified atom stereocenters. The smallest absolute Gasteiger partial charge is 0.262 e. The molecule has 0 atom stereocenters. The Labute approximate surface area is 109 Å². The van der Waals surface area contributed by atoms with Gasteiger partial charge in [0.05, 0.1) is 0 Å². The molecule has 0 aromatic carbocycles. The summed E-state index contributed by atoms with van der Waals surface area (Å²) in [7, 11) is -3.54. The fraction of sp³-hybridized carbons (Fsp3) is 0.727. The lowest BCUT2D eigenvalue weighted by Gasteiger charge is -2.20. The number of H-pyrrole nitrogens is 1. The molecule has 0 radical (unpaired) electrons. The Morgan fingerprint density at radius 2 is 1.83 bits per heavy atom. The molecule has 0 spiro atoms. The van der Waals surface area contributed by atoms with Gasteiger partial charge in [-0.2, -0.15) is 9.40 Å². The first-order chi connectivity index (χ1) is 8.48. The predicted octanol–water partition coefficient (Wildman–Crippen LogP) is 0.988. The van der Waals surface area contributed by atoms with Gasteiger partial charge < -0.3 is 5.73 Å². The molecule has 0 fully saturated rings. The normalized spacial score (nSPS) is 12.3. The Hall–Kier alpha value is -0.920. The van der Waals surface area contributed by atoms with Crippen LogP contribution in [0.25, 0.3) is 0 Å². The van der Waals surface area contributed by atoms with Gasteiger partial charge in [-0.15, -0.1) is 0 Å². The van der Waals surface area contributed by atoms with E-state index in [0.29, 0.717) is 24.3 Å². The van der Waals surface area contributed by atoms with Gasteiger partial charge in [-0.25, -0.2) is 8.42 Å². The Balaban J connectivity index is 3.17. The molecule has 18 heavy (non-hydrogen) atoms. The number of nitrogens with zero attached hydrogens (tertiary/aromatic N) is 2. The van der Waals surface area contributed by atoms with E-state index in [1.54, 1.807) is 6.92 Å². The molecule has 104 valence electrons. The third kappa shape index (κ3) is 2.90. The molecule has 0 amide bonds. The zero-order chi connectivity index (χ0) is 13.8. The maximum Gasteiger partial charge on any atom is 0.262 e. The molecule has 0 aliphatic heterocycles. The van der Waals surface area contributed by atoms with Crippen molar-refractivity contribution in [3.63, 3.8) is 0 Å². The molecular weight excluding hydrogens is 252 g/mol. The number of nitrogens with one attached hydrogen (secondary N) is 1. The summed E-state index contributed by atoms with van der Waals surface area (Å²) < 4.78 is 26.5. The molecule has 0 aliphatic carbocycles. The first kappa shape index (κ1) is 15.1. The van der Waals surface area contributed by atoms with Crippen molar-refractivity contribution in [2.75, 3.05) is 13.1 Å². The van der Waals surface area contributed by atoms with Gasteiger partial charge in [0.2, 0.25) is 0 Å². The quantitative estimate of drug-likeness (QED) is 0.775. The molecule has 1 aromatic rings. The maximum atomic E-state index is 12.5. The van der Waals surface area contributed by atoms with Gasteiger partial charge in [0.25, 0.3) is 10.0 Å². The fourth-order valence-corrected chi connectivity index (χ4v) is 3.66. The van der Waals surface area contributed by atoms with Crippen molar-refractivity contribution in [1.29, 1.82) is 0 Å². The van der Waals surface area contributed by atoms with E-state index in [0.717, 1.165) is 12.8 Å². The fourth-order valence-electron chi connectivity index (χ4n) is 1.86. The first-order valence-corrected chi connectivity index (χ1v) is 7.67. The second kappa shape index (κ2) is 6.31. The number of nitrogens with two attached hydrogens (primary N) is 1. The minimum atomic E-state index is -3.54. The summed E-state index contributed by atoms with van der Waals surface area (Å²) >= 11 is 0. The van der Waals surface area contributed by atoms with Crippen LogP contribution >= 0.6 is 0 Å². The lowest BCUT2D eigenvalue weighted by Crippen LogP contribution is -2.33. The van der Waals surface area contributed by atoms with Crippen molar-refractivity contribution >= 4 is 10.0 Å². The van der Waals surface area contributed by atoms with Crippen LogP contribution in [0.15, 0.2) is 5.03 Å². The van der Waals surface area contributed by atoms with Gasteiger partial charge in [-0.1, -0.05) is 13.8 Å². The number of aromatic nitrogens is 2.